The Bertz CT molecular complexity index is 1640. The molecule has 1 aliphatic heterocycles. The van der Waals surface area contributed by atoms with Gasteiger partial charge in [-0.3, -0.25) is 9.59 Å². The van der Waals surface area contributed by atoms with Gasteiger partial charge in [-0.25, -0.2) is 4.98 Å². The molecule has 1 N–H and O–H groups in total. The highest BCUT2D eigenvalue weighted by atomic mass is 16.2. The molecule has 5 aromatic rings. The van der Waals surface area contributed by atoms with E-state index < -0.39 is 0 Å². The summed E-state index contributed by atoms with van der Waals surface area (Å²) in [6.45, 7) is 2.81. The zero-order valence-corrected chi connectivity index (χ0v) is 20.0. The van der Waals surface area contributed by atoms with Gasteiger partial charge in [0, 0.05) is 39.5 Å². The van der Waals surface area contributed by atoms with Crippen molar-refractivity contribution in [2.45, 2.75) is 19.8 Å². The van der Waals surface area contributed by atoms with E-state index in [4.69, 9.17) is 4.98 Å². The van der Waals surface area contributed by atoms with Gasteiger partial charge in [-0.1, -0.05) is 74.0 Å². The van der Waals surface area contributed by atoms with Crippen LogP contribution in [0.25, 0.3) is 32.9 Å². The molecule has 0 unspecified atom stereocenters. The van der Waals surface area contributed by atoms with Crippen LogP contribution in [0.2, 0.25) is 0 Å². The minimum atomic E-state index is -0.210. The lowest BCUT2D eigenvalue weighted by molar-refractivity contribution is 0.0991. The van der Waals surface area contributed by atoms with Crippen molar-refractivity contribution in [2.24, 2.45) is 0 Å². The molecule has 0 spiro atoms. The van der Waals surface area contributed by atoms with Crippen molar-refractivity contribution >= 4 is 44.9 Å². The van der Waals surface area contributed by atoms with Crippen molar-refractivity contribution in [3.63, 3.8) is 0 Å². The van der Waals surface area contributed by atoms with E-state index >= 15 is 0 Å². The van der Waals surface area contributed by atoms with E-state index in [-0.39, 0.29) is 11.8 Å². The molecular weight excluding hydrogens is 446 g/mol. The standard InChI is InChI=1S/C31H25N3O2/c1-2-3-18-34-28-17-16-26(22-13-9-14-23(29(22)28)31(34)36)33-30(35)24-19-27(20-10-5-4-6-11-20)32-25-15-8-7-12-21(24)25/h4-17,19H,2-3,18H2,1H3,(H,33,35). The number of pyridine rings is 1. The Labute approximate surface area is 209 Å². The molecule has 2 heterocycles. The summed E-state index contributed by atoms with van der Waals surface area (Å²) >= 11 is 0. The van der Waals surface area contributed by atoms with E-state index in [2.05, 4.69) is 12.2 Å². The fourth-order valence-electron chi connectivity index (χ4n) is 5.00. The molecule has 0 fully saturated rings. The molecule has 1 aromatic heterocycles. The molecule has 0 saturated carbocycles. The highest BCUT2D eigenvalue weighted by molar-refractivity contribution is 6.27. The Morgan fingerprint density at radius 3 is 2.50 bits per heavy atom. The maximum atomic E-state index is 13.7. The number of nitrogens with zero attached hydrogens (tertiary/aromatic N) is 2. The number of aromatic nitrogens is 1. The van der Waals surface area contributed by atoms with E-state index in [1.165, 1.54) is 0 Å². The smallest absolute Gasteiger partial charge is 0.258 e. The van der Waals surface area contributed by atoms with Crippen molar-refractivity contribution in [1.29, 1.82) is 0 Å². The molecule has 0 aliphatic carbocycles. The van der Waals surface area contributed by atoms with E-state index in [0.29, 0.717) is 23.4 Å². The van der Waals surface area contributed by atoms with E-state index in [0.717, 1.165) is 51.5 Å². The minimum Gasteiger partial charge on any atom is -0.321 e. The van der Waals surface area contributed by atoms with Crippen LogP contribution >= 0.6 is 0 Å². The van der Waals surface area contributed by atoms with E-state index in [9.17, 15) is 9.59 Å². The van der Waals surface area contributed by atoms with Gasteiger partial charge in [0.05, 0.1) is 22.5 Å². The van der Waals surface area contributed by atoms with Crippen LogP contribution in [0.5, 0.6) is 0 Å². The summed E-state index contributed by atoms with van der Waals surface area (Å²) in [5.41, 5.74) is 5.32. The largest absolute Gasteiger partial charge is 0.321 e. The second kappa shape index (κ2) is 8.93. The second-order valence-corrected chi connectivity index (χ2v) is 9.06. The summed E-state index contributed by atoms with van der Waals surface area (Å²) in [6, 6.07) is 29.0. The molecule has 1 aliphatic rings. The summed E-state index contributed by atoms with van der Waals surface area (Å²) in [5, 5.41) is 5.70. The van der Waals surface area contributed by atoms with Crippen molar-refractivity contribution in [3.05, 3.63) is 102 Å². The predicted molar refractivity (Wildman–Crippen MR) is 146 cm³/mol. The van der Waals surface area contributed by atoms with Gasteiger partial charge in [0.1, 0.15) is 0 Å². The van der Waals surface area contributed by atoms with Gasteiger partial charge >= 0.3 is 0 Å². The summed E-state index contributed by atoms with van der Waals surface area (Å²) in [5.74, 6) is -0.182. The van der Waals surface area contributed by atoms with Gasteiger partial charge in [-0.15, -0.1) is 0 Å². The molecule has 6 rings (SSSR count). The number of nitrogens with one attached hydrogen (secondary N) is 1. The highest BCUT2D eigenvalue weighted by Crippen LogP contribution is 2.41. The zero-order valence-electron chi connectivity index (χ0n) is 20.0. The van der Waals surface area contributed by atoms with Gasteiger partial charge in [-0.05, 0) is 36.8 Å². The monoisotopic (exact) mass is 471 g/mol. The number of unbranched alkanes of at least 4 members (excludes halogenated alkanes) is 1. The van der Waals surface area contributed by atoms with E-state index in [1.807, 2.05) is 95.9 Å². The van der Waals surface area contributed by atoms with Crippen LogP contribution in [0.1, 0.15) is 40.5 Å². The normalized spacial score (nSPS) is 12.5. The highest BCUT2D eigenvalue weighted by Gasteiger charge is 2.30. The van der Waals surface area contributed by atoms with Crippen LogP contribution in [-0.2, 0) is 0 Å². The molecule has 0 saturated heterocycles. The first-order valence-electron chi connectivity index (χ1n) is 12.3. The van der Waals surface area contributed by atoms with Gasteiger partial charge in [0.15, 0.2) is 0 Å². The van der Waals surface area contributed by atoms with Crippen LogP contribution in [0.15, 0.2) is 91.0 Å². The molecule has 5 nitrogen and oxygen atoms in total. The average molecular weight is 472 g/mol. The fraction of sp³-hybridized carbons (Fsp3) is 0.129. The minimum absolute atomic E-state index is 0.0279. The number of carbonyl (C=O) groups is 2. The fourth-order valence-corrected chi connectivity index (χ4v) is 5.00. The summed E-state index contributed by atoms with van der Waals surface area (Å²) in [6.07, 6.45) is 1.96. The van der Waals surface area contributed by atoms with E-state index in [1.54, 1.807) is 0 Å². The molecular formula is C31H25N3O2. The number of para-hydroxylation sites is 1. The first-order chi connectivity index (χ1) is 17.7. The number of anilines is 2. The van der Waals surface area contributed by atoms with Crippen LogP contribution in [0.3, 0.4) is 0 Å². The number of rotatable bonds is 6. The molecule has 176 valence electrons. The second-order valence-electron chi connectivity index (χ2n) is 9.06. The molecule has 0 radical (unpaired) electrons. The topological polar surface area (TPSA) is 62.3 Å². The summed E-state index contributed by atoms with van der Waals surface area (Å²) in [4.78, 5) is 33.4. The molecule has 0 bridgehead atoms. The lowest BCUT2D eigenvalue weighted by Crippen LogP contribution is -2.27. The van der Waals surface area contributed by atoms with Gasteiger partial charge in [0.25, 0.3) is 11.8 Å². The quantitative estimate of drug-likeness (QED) is 0.288. The van der Waals surface area contributed by atoms with Crippen LogP contribution < -0.4 is 10.2 Å². The van der Waals surface area contributed by atoms with Crippen molar-refractivity contribution in [2.75, 3.05) is 16.8 Å². The number of carbonyl (C=O) groups excluding carboxylic acids is 2. The average Bonchev–Trinajstić information content (AvgIpc) is 3.20. The first kappa shape index (κ1) is 22.0. The molecule has 36 heavy (non-hydrogen) atoms. The Kier molecular flexibility index (Phi) is 5.45. The predicted octanol–water partition coefficient (Wildman–Crippen LogP) is 7.07. The zero-order chi connectivity index (χ0) is 24.6. The molecule has 4 aromatic carbocycles. The Morgan fingerprint density at radius 1 is 0.889 bits per heavy atom. The summed E-state index contributed by atoms with van der Waals surface area (Å²) in [7, 11) is 0. The summed E-state index contributed by atoms with van der Waals surface area (Å²) < 4.78 is 0. The van der Waals surface area contributed by atoms with Crippen molar-refractivity contribution in [3.8, 4) is 11.3 Å². The van der Waals surface area contributed by atoms with Gasteiger partial charge < -0.3 is 10.2 Å². The maximum Gasteiger partial charge on any atom is 0.258 e. The Morgan fingerprint density at radius 2 is 1.67 bits per heavy atom. The lowest BCUT2D eigenvalue weighted by atomic mass is 10.0. The van der Waals surface area contributed by atoms with Crippen LogP contribution in [-0.4, -0.2) is 23.3 Å². The van der Waals surface area contributed by atoms with Gasteiger partial charge in [-0.2, -0.15) is 0 Å². The molecule has 5 heteroatoms. The number of amides is 2. The van der Waals surface area contributed by atoms with Crippen molar-refractivity contribution < 1.29 is 9.59 Å². The molecule has 2 amide bonds. The third kappa shape index (κ3) is 3.60. The first-order valence-corrected chi connectivity index (χ1v) is 12.3. The van der Waals surface area contributed by atoms with Crippen LogP contribution in [0.4, 0.5) is 11.4 Å². The number of fused-ring (bicyclic) bond motifs is 1. The number of benzene rings is 4. The lowest BCUT2D eigenvalue weighted by Gasteiger charge is -2.18. The third-order valence-corrected chi connectivity index (χ3v) is 6.80. The van der Waals surface area contributed by atoms with Gasteiger partial charge in [0.2, 0.25) is 0 Å². The molecule has 0 atom stereocenters. The maximum absolute atomic E-state index is 13.7. The Hall–Kier alpha value is -4.51. The third-order valence-electron chi connectivity index (χ3n) is 6.80. The van der Waals surface area contributed by atoms with Crippen molar-refractivity contribution in [1.82, 2.24) is 4.98 Å². The number of hydrogen-bond acceptors (Lipinski definition) is 3. The SMILES string of the molecule is CCCCN1C(=O)c2cccc3c(NC(=O)c4cc(-c5ccccc5)nc5ccccc45)ccc1c23. The van der Waals surface area contributed by atoms with Crippen LogP contribution in [0, 0.1) is 0 Å². The Balaban J connectivity index is 1.43. The number of hydrogen-bond donors (Lipinski definition) is 1.